The van der Waals surface area contributed by atoms with Crippen molar-refractivity contribution in [3.05, 3.63) is 32.2 Å². The summed E-state index contributed by atoms with van der Waals surface area (Å²) in [7, 11) is 0. The second-order valence-electron chi connectivity index (χ2n) is 3.16. The van der Waals surface area contributed by atoms with Crippen LogP contribution in [0.5, 0.6) is 0 Å². The number of hydrogen-bond donors (Lipinski definition) is 0. The molecule has 0 nitrogen and oxygen atoms in total. The number of benzene rings is 1. The Hall–Kier alpha value is 0.390. The number of thiophene rings is 1. The van der Waals surface area contributed by atoms with Crippen molar-refractivity contribution in [2.24, 2.45) is 0 Å². The molecule has 0 atom stereocenters. The lowest BCUT2D eigenvalue weighted by atomic mass is 10.1. The molecule has 2 rings (SSSR count). The Labute approximate surface area is 110 Å². The first-order valence-electron chi connectivity index (χ1n) is 4.51. The van der Waals surface area contributed by atoms with Gasteiger partial charge in [-0.1, -0.05) is 28.9 Å². The minimum atomic E-state index is 0.948. The van der Waals surface area contributed by atoms with Gasteiger partial charge in [-0.2, -0.15) is 0 Å². The maximum absolute atomic E-state index is 3.54. The van der Waals surface area contributed by atoms with E-state index in [0.717, 1.165) is 11.8 Å². The van der Waals surface area contributed by atoms with E-state index in [2.05, 4.69) is 63.0 Å². The molecule has 0 saturated carbocycles. The summed E-state index contributed by atoms with van der Waals surface area (Å²) in [6, 6.07) is 4.43. The van der Waals surface area contributed by atoms with Crippen molar-refractivity contribution in [1.82, 2.24) is 0 Å². The smallest absolute Gasteiger partial charge is 0.0396 e. The predicted molar refractivity (Wildman–Crippen MR) is 76.6 cm³/mol. The normalized spacial score (nSPS) is 11.1. The molecule has 1 aromatic heterocycles. The fourth-order valence-corrected chi connectivity index (χ4v) is 4.42. The summed E-state index contributed by atoms with van der Waals surface area (Å²) in [4.78, 5) is 0. The van der Waals surface area contributed by atoms with Crippen LogP contribution in [-0.2, 0) is 11.8 Å². The number of hydrogen-bond acceptors (Lipinski definition) is 1. The van der Waals surface area contributed by atoms with E-state index in [1.807, 2.05) is 11.3 Å². The molecule has 0 saturated heterocycles. The molecule has 2 aromatic rings. The largest absolute Gasteiger partial charge is 0.143 e. The van der Waals surface area contributed by atoms with Crippen molar-refractivity contribution >= 4 is 59.9 Å². The molecule has 0 radical (unpaired) electrons. The second kappa shape index (κ2) is 4.49. The van der Waals surface area contributed by atoms with Gasteiger partial charge in [0.15, 0.2) is 0 Å². The Morgan fingerprint density at radius 1 is 1.36 bits per heavy atom. The average molecular weight is 381 g/mol. The summed E-state index contributed by atoms with van der Waals surface area (Å²) >= 11 is 7.84. The van der Waals surface area contributed by atoms with E-state index in [-0.39, 0.29) is 0 Å². The van der Waals surface area contributed by atoms with E-state index in [4.69, 9.17) is 0 Å². The highest BCUT2D eigenvalue weighted by Crippen LogP contribution is 2.34. The first-order valence-corrected chi connectivity index (χ1v) is 7.59. The van der Waals surface area contributed by atoms with Crippen LogP contribution in [0.4, 0.5) is 0 Å². The molecule has 0 spiro atoms. The van der Waals surface area contributed by atoms with Crippen LogP contribution in [0.25, 0.3) is 10.1 Å². The van der Waals surface area contributed by atoms with Gasteiger partial charge in [-0.15, -0.1) is 11.3 Å². The molecule has 1 heterocycles. The van der Waals surface area contributed by atoms with Gasteiger partial charge in [-0.3, -0.25) is 0 Å². The van der Waals surface area contributed by atoms with Crippen LogP contribution in [0, 0.1) is 3.57 Å². The van der Waals surface area contributed by atoms with Gasteiger partial charge in [0.05, 0.1) is 0 Å². The minimum Gasteiger partial charge on any atom is -0.143 e. The van der Waals surface area contributed by atoms with Crippen molar-refractivity contribution in [3.63, 3.8) is 0 Å². The summed E-state index contributed by atoms with van der Waals surface area (Å²) in [5.74, 6) is 0. The van der Waals surface area contributed by atoms with Crippen LogP contribution in [0.1, 0.15) is 18.1 Å². The number of aryl methyl sites for hydroxylation is 1. The summed E-state index contributed by atoms with van der Waals surface area (Å²) < 4.78 is 2.83. The lowest BCUT2D eigenvalue weighted by molar-refractivity contribution is 1.17. The molecular formula is C11H10BrIS. The van der Waals surface area contributed by atoms with Gasteiger partial charge in [0, 0.05) is 19.0 Å². The molecule has 0 aliphatic heterocycles. The molecule has 1 aromatic carbocycles. The van der Waals surface area contributed by atoms with E-state index < -0.39 is 0 Å². The van der Waals surface area contributed by atoms with Crippen LogP contribution < -0.4 is 0 Å². The third kappa shape index (κ3) is 1.74. The van der Waals surface area contributed by atoms with Gasteiger partial charge in [0.1, 0.15) is 0 Å². The molecule has 0 amide bonds. The number of halogens is 2. The summed E-state index contributed by atoms with van der Waals surface area (Å²) in [6.45, 7) is 2.22. The zero-order chi connectivity index (χ0) is 10.1. The summed E-state index contributed by atoms with van der Waals surface area (Å²) in [5.41, 5.74) is 2.89. The summed E-state index contributed by atoms with van der Waals surface area (Å²) in [5, 5.41) is 4.71. The van der Waals surface area contributed by atoms with Crippen LogP contribution in [0.2, 0.25) is 0 Å². The Balaban J connectivity index is 2.80. The van der Waals surface area contributed by atoms with Crippen LogP contribution in [0.3, 0.4) is 0 Å². The molecule has 0 aliphatic carbocycles. The molecule has 3 heteroatoms. The molecule has 0 fully saturated rings. The SMILES string of the molecule is CCc1csc2c(CBr)ccc(I)c12. The lowest BCUT2D eigenvalue weighted by Crippen LogP contribution is -1.83. The molecule has 0 N–H and O–H groups in total. The average Bonchev–Trinajstić information content (AvgIpc) is 2.63. The van der Waals surface area contributed by atoms with Crippen molar-refractivity contribution in [1.29, 1.82) is 0 Å². The summed E-state index contributed by atoms with van der Waals surface area (Å²) in [6.07, 6.45) is 1.13. The minimum absolute atomic E-state index is 0.948. The monoisotopic (exact) mass is 380 g/mol. The predicted octanol–water partition coefficient (Wildman–Crippen LogP) is 4.96. The Bertz CT molecular complexity index is 462. The Morgan fingerprint density at radius 2 is 2.14 bits per heavy atom. The van der Waals surface area contributed by atoms with E-state index in [1.165, 1.54) is 24.8 Å². The van der Waals surface area contributed by atoms with Gasteiger partial charge in [0.25, 0.3) is 0 Å². The number of fused-ring (bicyclic) bond motifs is 1. The topological polar surface area (TPSA) is 0 Å². The van der Waals surface area contributed by atoms with E-state index >= 15 is 0 Å². The zero-order valence-corrected chi connectivity index (χ0v) is 12.4. The van der Waals surface area contributed by atoms with E-state index in [9.17, 15) is 0 Å². The van der Waals surface area contributed by atoms with Crippen molar-refractivity contribution in [2.75, 3.05) is 0 Å². The van der Waals surface area contributed by atoms with Gasteiger partial charge in [-0.05, 0) is 51.6 Å². The zero-order valence-electron chi connectivity index (χ0n) is 7.81. The first kappa shape index (κ1) is 10.9. The lowest BCUT2D eigenvalue weighted by Gasteiger charge is -2.02. The van der Waals surface area contributed by atoms with Crippen molar-refractivity contribution in [3.8, 4) is 0 Å². The molecule has 0 bridgehead atoms. The van der Waals surface area contributed by atoms with Gasteiger partial charge >= 0.3 is 0 Å². The fraction of sp³-hybridized carbons (Fsp3) is 0.273. The Morgan fingerprint density at radius 3 is 2.79 bits per heavy atom. The Kier molecular flexibility index (Phi) is 3.50. The highest BCUT2D eigenvalue weighted by molar-refractivity contribution is 14.1. The van der Waals surface area contributed by atoms with Crippen LogP contribution in [-0.4, -0.2) is 0 Å². The van der Waals surface area contributed by atoms with Gasteiger partial charge in [0.2, 0.25) is 0 Å². The van der Waals surface area contributed by atoms with E-state index in [1.54, 1.807) is 0 Å². The fourth-order valence-electron chi connectivity index (χ4n) is 1.59. The standard InChI is InChI=1S/C11H10BrIS/c1-2-7-6-14-11-8(5-12)3-4-9(13)10(7)11/h3-4,6H,2,5H2,1H3. The first-order chi connectivity index (χ1) is 6.77. The van der Waals surface area contributed by atoms with Crippen LogP contribution in [0.15, 0.2) is 17.5 Å². The maximum Gasteiger partial charge on any atom is 0.0396 e. The highest BCUT2D eigenvalue weighted by atomic mass is 127. The van der Waals surface area contributed by atoms with Gasteiger partial charge < -0.3 is 0 Å². The quantitative estimate of drug-likeness (QED) is 0.510. The van der Waals surface area contributed by atoms with Crippen LogP contribution >= 0.6 is 49.9 Å². The molecule has 74 valence electrons. The van der Waals surface area contributed by atoms with Crippen molar-refractivity contribution < 1.29 is 0 Å². The highest BCUT2D eigenvalue weighted by Gasteiger charge is 2.09. The van der Waals surface area contributed by atoms with E-state index in [0.29, 0.717) is 0 Å². The third-order valence-electron chi connectivity index (χ3n) is 2.35. The maximum atomic E-state index is 3.54. The second-order valence-corrected chi connectivity index (χ2v) is 5.76. The van der Waals surface area contributed by atoms with Gasteiger partial charge in [-0.25, -0.2) is 0 Å². The number of alkyl halides is 1. The molecule has 0 aliphatic rings. The molecule has 14 heavy (non-hydrogen) atoms. The number of rotatable bonds is 2. The third-order valence-corrected chi connectivity index (χ3v) is 4.96. The molecule has 0 unspecified atom stereocenters. The molecular weight excluding hydrogens is 371 g/mol. The van der Waals surface area contributed by atoms with Crippen molar-refractivity contribution in [2.45, 2.75) is 18.7 Å².